The van der Waals surface area contributed by atoms with Gasteiger partial charge in [-0.25, -0.2) is 8.42 Å². The summed E-state index contributed by atoms with van der Waals surface area (Å²) in [5.74, 6) is 0. The normalized spacial score (nSPS) is 8.44. The molecule has 9 heavy (non-hydrogen) atoms. The molecule has 0 aromatic rings. The fourth-order valence-corrected chi connectivity index (χ4v) is 0. The molecule has 0 aliphatic rings. The number of rotatable bonds is 0. The van der Waals surface area contributed by atoms with Gasteiger partial charge >= 0.3 is 29.6 Å². The predicted molar refractivity (Wildman–Crippen MR) is 30.6 cm³/mol. The molecule has 0 amide bonds. The Labute approximate surface area is 78.1 Å². The van der Waals surface area contributed by atoms with Gasteiger partial charge in [0.05, 0.1) is 10.1 Å². The molecule has 0 bridgehead atoms. The van der Waals surface area contributed by atoms with Gasteiger partial charge in [-0.3, -0.25) is 0 Å². The molecule has 1 N–H and O–H groups in total. The average Bonchev–Trinajstić information content (AvgIpc) is 1.27. The Morgan fingerprint density at radius 3 is 1.33 bits per heavy atom. The van der Waals surface area contributed by atoms with Crippen LogP contribution in [0.3, 0.4) is 0 Å². The Bertz CT molecular complexity index is 113. The van der Waals surface area contributed by atoms with Gasteiger partial charge in [-0.2, -0.15) is 0 Å². The minimum atomic E-state index is -3.92. The molecule has 0 aliphatic carbocycles. The summed E-state index contributed by atoms with van der Waals surface area (Å²) in [5.41, 5.74) is 0. The first-order valence-electron chi connectivity index (χ1n) is 1.91. The van der Waals surface area contributed by atoms with E-state index in [9.17, 15) is 0 Å². The van der Waals surface area contributed by atoms with Gasteiger partial charge in [-0.15, -0.1) is 0 Å². The zero-order valence-electron chi connectivity index (χ0n) is 6.13. The molecule has 0 aliphatic heterocycles. The van der Waals surface area contributed by atoms with Gasteiger partial charge in [-0.1, -0.05) is 0 Å². The monoisotopic (exact) mass is 163 g/mol. The molecular formula is C3H10NNaO3S. The zero-order valence-corrected chi connectivity index (χ0v) is 8.95. The fourth-order valence-electron chi connectivity index (χ4n) is 0. The standard InChI is InChI=1S/C2H7N.CH4O3S.Na/c1-3-2;1-5(2,3)4;/h3H,1-2H3;1H3,(H,2,3,4);/q;;+1/p-1. The summed E-state index contributed by atoms with van der Waals surface area (Å²) >= 11 is 0. The third kappa shape index (κ3) is 553. The summed E-state index contributed by atoms with van der Waals surface area (Å²) in [7, 11) is -0.167. The Hall–Kier alpha value is 0.870. The molecule has 0 fully saturated rings. The maximum Gasteiger partial charge on any atom is 1.00 e. The second-order valence-corrected chi connectivity index (χ2v) is 2.61. The molecule has 0 spiro atoms. The molecule has 0 saturated carbocycles. The van der Waals surface area contributed by atoms with Gasteiger partial charge in [0.2, 0.25) is 0 Å². The molecular weight excluding hydrogens is 153 g/mol. The zero-order chi connectivity index (χ0) is 7.21. The SMILES string of the molecule is CNC.CS(=O)(=O)[O-].[Na+]. The van der Waals surface area contributed by atoms with Crippen LogP contribution < -0.4 is 34.9 Å². The number of hydrogen-bond acceptors (Lipinski definition) is 4. The minimum absolute atomic E-state index is 0. The van der Waals surface area contributed by atoms with E-state index in [4.69, 9.17) is 13.0 Å². The Kier molecular flexibility index (Phi) is 16.2. The summed E-state index contributed by atoms with van der Waals surface area (Å²) in [6.45, 7) is 0. The second kappa shape index (κ2) is 8.87. The van der Waals surface area contributed by atoms with Crippen LogP contribution in [0.5, 0.6) is 0 Å². The van der Waals surface area contributed by atoms with Crippen molar-refractivity contribution in [1.82, 2.24) is 5.32 Å². The van der Waals surface area contributed by atoms with E-state index < -0.39 is 10.1 Å². The largest absolute Gasteiger partial charge is 1.00 e. The maximum absolute atomic E-state index is 9.08. The van der Waals surface area contributed by atoms with Crippen molar-refractivity contribution in [3.8, 4) is 0 Å². The van der Waals surface area contributed by atoms with Crippen molar-refractivity contribution in [3.63, 3.8) is 0 Å². The van der Waals surface area contributed by atoms with Crippen LogP contribution in [0.4, 0.5) is 0 Å². The smallest absolute Gasteiger partial charge is 0.748 e. The topological polar surface area (TPSA) is 69.2 Å². The summed E-state index contributed by atoms with van der Waals surface area (Å²) < 4.78 is 27.2. The molecule has 0 atom stereocenters. The molecule has 6 heteroatoms. The number of hydrogen-bond donors (Lipinski definition) is 1. The van der Waals surface area contributed by atoms with Crippen molar-refractivity contribution in [2.24, 2.45) is 0 Å². The van der Waals surface area contributed by atoms with Gasteiger partial charge in [0, 0.05) is 6.26 Å². The van der Waals surface area contributed by atoms with E-state index in [1.54, 1.807) is 0 Å². The van der Waals surface area contributed by atoms with E-state index in [0.717, 1.165) is 0 Å². The fraction of sp³-hybridized carbons (Fsp3) is 1.00. The molecule has 0 aromatic heterocycles. The maximum atomic E-state index is 9.08. The molecule has 4 nitrogen and oxygen atoms in total. The summed E-state index contributed by atoms with van der Waals surface area (Å²) in [5, 5.41) is 2.75. The summed E-state index contributed by atoms with van der Waals surface area (Å²) in [4.78, 5) is 0. The third-order valence-electron chi connectivity index (χ3n) is 0. The molecule has 0 rings (SSSR count). The van der Waals surface area contributed by atoms with Gasteiger partial charge in [0.25, 0.3) is 0 Å². The van der Waals surface area contributed by atoms with Gasteiger partial charge in [0.15, 0.2) is 0 Å². The third-order valence-corrected chi connectivity index (χ3v) is 0. The van der Waals surface area contributed by atoms with Crippen LogP contribution in [-0.4, -0.2) is 33.3 Å². The van der Waals surface area contributed by atoms with Crippen molar-refractivity contribution in [2.75, 3.05) is 20.4 Å². The van der Waals surface area contributed by atoms with Crippen LogP contribution in [0.15, 0.2) is 0 Å². The molecule has 0 unspecified atom stereocenters. The van der Waals surface area contributed by atoms with Crippen LogP contribution in [0, 0.1) is 0 Å². The van der Waals surface area contributed by atoms with Crippen LogP contribution in [-0.2, 0) is 10.1 Å². The first-order valence-corrected chi connectivity index (χ1v) is 3.72. The Morgan fingerprint density at radius 2 is 1.33 bits per heavy atom. The van der Waals surface area contributed by atoms with Crippen LogP contribution in [0.1, 0.15) is 0 Å². The van der Waals surface area contributed by atoms with E-state index in [-0.39, 0.29) is 29.6 Å². The summed E-state index contributed by atoms with van der Waals surface area (Å²) in [6.07, 6.45) is 0.604. The van der Waals surface area contributed by atoms with Crippen molar-refractivity contribution < 1.29 is 42.5 Å². The minimum Gasteiger partial charge on any atom is -0.748 e. The predicted octanol–water partition coefficient (Wildman–Crippen LogP) is -4.00. The van der Waals surface area contributed by atoms with E-state index in [0.29, 0.717) is 6.26 Å². The quantitative estimate of drug-likeness (QED) is 0.292. The van der Waals surface area contributed by atoms with E-state index in [1.807, 2.05) is 14.1 Å². The van der Waals surface area contributed by atoms with Gasteiger partial charge in [-0.05, 0) is 14.1 Å². The second-order valence-electron chi connectivity index (χ2n) is 1.20. The van der Waals surface area contributed by atoms with Crippen LogP contribution >= 0.6 is 0 Å². The molecule has 52 valence electrons. The molecule has 0 aromatic carbocycles. The average molecular weight is 163 g/mol. The summed E-state index contributed by atoms with van der Waals surface area (Å²) in [6, 6.07) is 0. The van der Waals surface area contributed by atoms with Gasteiger partial charge in [0.1, 0.15) is 0 Å². The van der Waals surface area contributed by atoms with E-state index in [1.165, 1.54) is 0 Å². The first-order chi connectivity index (χ1) is 3.41. The van der Waals surface area contributed by atoms with E-state index in [2.05, 4.69) is 5.32 Å². The van der Waals surface area contributed by atoms with Crippen molar-refractivity contribution in [3.05, 3.63) is 0 Å². The Morgan fingerprint density at radius 1 is 1.33 bits per heavy atom. The molecule has 0 radical (unpaired) electrons. The van der Waals surface area contributed by atoms with Crippen LogP contribution in [0.2, 0.25) is 0 Å². The molecule has 0 heterocycles. The van der Waals surface area contributed by atoms with Crippen LogP contribution in [0.25, 0.3) is 0 Å². The molecule has 0 saturated heterocycles. The van der Waals surface area contributed by atoms with E-state index >= 15 is 0 Å². The first kappa shape index (κ1) is 16.5. The Balaban J connectivity index is -0.0000000800. The van der Waals surface area contributed by atoms with Crippen molar-refractivity contribution >= 4 is 10.1 Å². The van der Waals surface area contributed by atoms with Crippen molar-refractivity contribution in [1.29, 1.82) is 0 Å². The van der Waals surface area contributed by atoms with Crippen molar-refractivity contribution in [2.45, 2.75) is 0 Å². The van der Waals surface area contributed by atoms with Gasteiger partial charge < -0.3 is 9.87 Å². The number of nitrogens with one attached hydrogen (secondary N) is 1.